The van der Waals surface area contributed by atoms with Crippen LogP contribution in [0.2, 0.25) is 0 Å². The smallest absolute Gasteiger partial charge is 0.490 e. The maximum Gasteiger partial charge on any atom is 0.490 e. The molecule has 6 atom stereocenters. The Morgan fingerprint density at radius 3 is 2.63 bits per heavy atom. The van der Waals surface area contributed by atoms with Crippen LogP contribution in [-0.2, 0) is 36.3 Å². The van der Waals surface area contributed by atoms with Crippen LogP contribution in [0.4, 0.5) is 5.95 Å². The lowest BCUT2D eigenvalue weighted by atomic mass is 10.0. The summed E-state index contributed by atoms with van der Waals surface area (Å²) in [6, 6.07) is 3.37. The highest BCUT2D eigenvalue weighted by Gasteiger charge is 2.44. The molecule has 26 heteroatoms. The summed E-state index contributed by atoms with van der Waals surface area (Å²) in [5.41, 5.74) is 13.9. The van der Waals surface area contributed by atoms with Crippen LogP contribution in [0.1, 0.15) is 41.5 Å². The Hall–Kier alpha value is -3.68. The number of ether oxygens (including phenoxy) is 3. The number of hydrogen-bond donors (Lipinski definition) is 6. The summed E-state index contributed by atoms with van der Waals surface area (Å²) in [6.45, 7) is 0.529. The zero-order chi connectivity index (χ0) is 34.0. The maximum atomic E-state index is 13.4. The lowest BCUT2D eigenvalue weighted by molar-refractivity contribution is -0.0490. The van der Waals surface area contributed by atoms with E-state index in [0.717, 1.165) is 0 Å². The molecule has 2 aromatic heterocycles. The fourth-order valence-corrected chi connectivity index (χ4v) is 7.34. The number of phosphoric acid groups is 3. The summed E-state index contributed by atoms with van der Waals surface area (Å²) in [7, 11) is -15.7. The highest BCUT2D eigenvalue weighted by Crippen LogP contribution is 2.66. The number of esters is 1. The van der Waals surface area contributed by atoms with Crippen molar-refractivity contribution in [3.63, 3.8) is 0 Å². The van der Waals surface area contributed by atoms with E-state index in [2.05, 4.69) is 33.6 Å². The van der Waals surface area contributed by atoms with E-state index in [4.69, 9.17) is 39.8 Å². The molecule has 4 rings (SSSR count). The minimum Gasteiger partial charge on any atom is -0.497 e. The van der Waals surface area contributed by atoms with E-state index >= 15 is 0 Å². The zero-order valence-corrected chi connectivity index (χ0v) is 26.1. The topological polar surface area (TPSA) is 343 Å². The first-order valence-electron chi connectivity index (χ1n) is 12.5. The van der Waals surface area contributed by atoms with E-state index in [1.54, 1.807) is 0 Å². The molecule has 0 bridgehead atoms. The molecule has 3 heterocycles. The number of H-pyrrole nitrogens is 1. The quantitative estimate of drug-likeness (QED) is 0.0485. The Labute approximate surface area is 256 Å². The van der Waals surface area contributed by atoms with Crippen molar-refractivity contribution < 1.29 is 65.4 Å². The molecule has 0 saturated carbocycles. The molecule has 1 aromatic carbocycles. The van der Waals surface area contributed by atoms with Gasteiger partial charge in [-0.1, -0.05) is 12.0 Å². The molecule has 1 fully saturated rings. The number of hydrogen-bond acceptors (Lipinski definition) is 15. The highest BCUT2D eigenvalue weighted by atomic mass is 31.3. The van der Waals surface area contributed by atoms with Crippen molar-refractivity contribution in [3.8, 4) is 5.75 Å². The second kappa shape index (κ2) is 13.6. The molecule has 0 aliphatic carbocycles. The van der Waals surface area contributed by atoms with Gasteiger partial charge in [-0.25, -0.2) is 23.5 Å². The number of methoxy groups -OCH3 is 1. The predicted octanol–water partition coefficient (Wildman–Crippen LogP) is 1.94. The summed E-state index contributed by atoms with van der Waals surface area (Å²) >= 11 is 0. The van der Waals surface area contributed by atoms with Gasteiger partial charge in [0.25, 0.3) is 5.56 Å². The number of nitrogens with zero attached hydrogens (tertiary/aromatic N) is 6. The van der Waals surface area contributed by atoms with Gasteiger partial charge in [0, 0.05) is 11.3 Å². The Balaban J connectivity index is 1.63. The average molecular weight is 710 g/mol. The van der Waals surface area contributed by atoms with Gasteiger partial charge in [0.2, 0.25) is 5.95 Å². The summed E-state index contributed by atoms with van der Waals surface area (Å²) in [5.74, 6) is -0.895. The van der Waals surface area contributed by atoms with Gasteiger partial charge < -0.3 is 39.5 Å². The number of rotatable bonds is 13. The molecular weight excluding hydrogens is 685 g/mol. The van der Waals surface area contributed by atoms with Crippen molar-refractivity contribution in [2.45, 2.75) is 37.8 Å². The third kappa shape index (κ3) is 8.56. The van der Waals surface area contributed by atoms with Crippen molar-refractivity contribution >= 4 is 46.5 Å². The number of carbonyl (C=O) groups excluding carboxylic acids is 1. The second-order valence-corrected chi connectivity index (χ2v) is 13.7. The van der Waals surface area contributed by atoms with Crippen LogP contribution in [0.15, 0.2) is 34.4 Å². The van der Waals surface area contributed by atoms with E-state index in [-0.39, 0.29) is 34.7 Å². The number of phosphoric ester groups is 1. The van der Waals surface area contributed by atoms with Crippen LogP contribution in [-0.4, -0.2) is 71.0 Å². The number of nitrogens with one attached hydrogen (secondary N) is 1. The molecular formula is C20H25N8O15P3. The molecule has 0 amide bonds. The van der Waals surface area contributed by atoms with Crippen molar-refractivity contribution in [3.05, 3.63) is 56.4 Å². The zero-order valence-electron chi connectivity index (χ0n) is 23.4. The van der Waals surface area contributed by atoms with Crippen LogP contribution in [0.5, 0.6) is 5.75 Å². The van der Waals surface area contributed by atoms with Gasteiger partial charge in [0.15, 0.2) is 11.2 Å². The minimum atomic E-state index is -5.83. The number of fused-ring (bicyclic) bond motifs is 1. The van der Waals surface area contributed by atoms with E-state index in [1.165, 1.54) is 43.1 Å². The fraction of sp³-hybridized carbons (Fsp3) is 0.400. The molecule has 23 nitrogen and oxygen atoms in total. The van der Waals surface area contributed by atoms with Crippen LogP contribution in [0, 0.1) is 0 Å². The third-order valence-electron chi connectivity index (χ3n) is 6.17. The van der Waals surface area contributed by atoms with Crippen molar-refractivity contribution in [2.24, 2.45) is 5.11 Å². The SMILES string of the molecule is COc1ccc(C(=O)O[C@@H]2C[C@H](n3cnc4c(=O)[nH]c(N)nc43)O[C@@H]2COP(=O)(O)OP(=O)(O)OP(=O)(O)O)c(C(C)N=[N+]=[N-])c1. The monoisotopic (exact) mass is 710 g/mol. The Kier molecular flexibility index (Phi) is 10.4. The Morgan fingerprint density at radius 2 is 1.98 bits per heavy atom. The van der Waals surface area contributed by atoms with Gasteiger partial charge in [-0.3, -0.25) is 18.9 Å². The number of imidazole rings is 1. The summed E-state index contributed by atoms with van der Waals surface area (Å²) in [6.07, 6.45) is -2.92. The van der Waals surface area contributed by atoms with Crippen molar-refractivity contribution in [1.29, 1.82) is 0 Å². The Morgan fingerprint density at radius 1 is 1.26 bits per heavy atom. The van der Waals surface area contributed by atoms with Crippen molar-refractivity contribution in [1.82, 2.24) is 19.5 Å². The first-order chi connectivity index (χ1) is 21.4. The van der Waals surface area contributed by atoms with Crippen LogP contribution >= 0.6 is 23.5 Å². The second-order valence-electron chi connectivity index (χ2n) is 9.30. The summed E-state index contributed by atoms with van der Waals surface area (Å²) in [4.78, 5) is 75.6. The molecule has 1 aliphatic heterocycles. The van der Waals surface area contributed by atoms with Gasteiger partial charge >= 0.3 is 29.4 Å². The number of nitrogen functional groups attached to an aromatic ring is 1. The standard InChI is InChI=1S/C20H25N8O15P3/c1-9(26-27-22)12-5-10(38-2)3-4-11(12)19(30)41-13-6-15(28-8-23-16-17(28)24-20(21)25-18(16)29)40-14(13)7-39-45(34,35)43-46(36,37)42-44(31,32)33/h3-5,8-9,13-15H,6-7H2,1-2H3,(H,34,35)(H,36,37)(H2,31,32,33)(H3,21,24,25,29)/t9?,13-,14-,15-/m1/s1. The van der Waals surface area contributed by atoms with E-state index in [1.807, 2.05) is 0 Å². The summed E-state index contributed by atoms with van der Waals surface area (Å²) < 4.78 is 65.1. The largest absolute Gasteiger partial charge is 0.497 e. The molecule has 250 valence electrons. The minimum absolute atomic E-state index is 0.0366. The van der Waals surface area contributed by atoms with Gasteiger partial charge in [-0.2, -0.15) is 13.6 Å². The van der Waals surface area contributed by atoms with E-state index in [0.29, 0.717) is 5.75 Å². The molecule has 1 saturated heterocycles. The molecule has 1 aliphatic rings. The van der Waals surface area contributed by atoms with Gasteiger partial charge in [-0.05, 0) is 29.3 Å². The molecule has 7 N–H and O–H groups in total. The maximum absolute atomic E-state index is 13.4. The normalized spacial score (nSPS) is 21.6. The average Bonchev–Trinajstić information content (AvgIpc) is 3.53. The highest BCUT2D eigenvalue weighted by molar-refractivity contribution is 7.66. The number of benzene rings is 1. The molecule has 0 spiro atoms. The summed E-state index contributed by atoms with van der Waals surface area (Å²) in [5, 5.41) is 3.60. The molecule has 3 unspecified atom stereocenters. The van der Waals surface area contributed by atoms with Crippen LogP contribution in [0.3, 0.4) is 0 Å². The first-order valence-corrected chi connectivity index (χ1v) is 17.0. The van der Waals surface area contributed by atoms with E-state index < -0.39 is 66.1 Å². The Bertz CT molecular complexity index is 1890. The number of anilines is 1. The molecule has 46 heavy (non-hydrogen) atoms. The van der Waals surface area contributed by atoms with E-state index in [9.17, 15) is 33.1 Å². The number of aromatic nitrogens is 4. The predicted molar refractivity (Wildman–Crippen MR) is 151 cm³/mol. The van der Waals surface area contributed by atoms with Gasteiger partial charge in [-0.15, -0.1) is 0 Å². The fourth-order valence-electron chi connectivity index (χ4n) is 4.31. The third-order valence-corrected chi connectivity index (χ3v) is 9.97. The lowest BCUT2D eigenvalue weighted by Crippen LogP contribution is -2.31. The number of carbonyl (C=O) groups is 1. The number of azide groups is 1. The number of aromatic amines is 1. The van der Waals surface area contributed by atoms with Gasteiger partial charge in [0.1, 0.15) is 24.2 Å². The lowest BCUT2D eigenvalue weighted by Gasteiger charge is -2.22. The van der Waals surface area contributed by atoms with Crippen LogP contribution in [0.25, 0.3) is 21.6 Å². The van der Waals surface area contributed by atoms with Crippen LogP contribution < -0.4 is 16.0 Å². The molecule has 3 aromatic rings. The van der Waals surface area contributed by atoms with Gasteiger partial charge in [0.05, 0.1) is 31.6 Å². The molecule has 0 radical (unpaired) electrons. The number of nitrogens with two attached hydrogens (primary N) is 1. The first kappa shape index (κ1) is 35.2. The van der Waals surface area contributed by atoms with Crippen molar-refractivity contribution in [2.75, 3.05) is 19.5 Å².